The third kappa shape index (κ3) is 9.73. The number of aliphatic hydroxyl groups excluding tert-OH is 1. The first kappa shape index (κ1) is 24.1. The van der Waals surface area contributed by atoms with Crippen molar-refractivity contribution < 1.29 is 9.84 Å². The molecule has 1 aromatic carbocycles. The molecule has 0 saturated carbocycles. The molecule has 0 radical (unpaired) electrons. The van der Waals surface area contributed by atoms with Crippen LogP contribution in [0.25, 0.3) is 0 Å². The number of hydrogen-bond donors (Lipinski definition) is 3. The summed E-state index contributed by atoms with van der Waals surface area (Å²) in [5, 5.41) is 16.2. The van der Waals surface area contributed by atoms with Gasteiger partial charge in [-0.3, -0.25) is 9.89 Å². The normalized spacial score (nSPS) is 16.0. The molecule has 0 unspecified atom stereocenters. The van der Waals surface area contributed by atoms with Crippen molar-refractivity contribution in [3.05, 3.63) is 35.4 Å². The van der Waals surface area contributed by atoms with E-state index in [9.17, 15) is 5.11 Å². The van der Waals surface area contributed by atoms with Gasteiger partial charge in [0.25, 0.3) is 0 Å². The molecule has 154 valence electrons. The Morgan fingerprint density at radius 1 is 1.19 bits per heavy atom. The molecular formula is C20H35IN4O2. The molecule has 1 saturated heterocycles. The van der Waals surface area contributed by atoms with E-state index in [2.05, 4.69) is 44.8 Å². The number of aliphatic imine (C=N–C) groups is 1. The van der Waals surface area contributed by atoms with E-state index in [1.807, 2.05) is 6.92 Å². The number of aliphatic hydroxyl groups is 1. The predicted octanol–water partition coefficient (Wildman–Crippen LogP) is 2.35. The molecule has 0 atom stereocenters. The standard InChI is InChI=1S/C20H34N4O2.HI/c1-3-26-14-4-11-22-20(21-2)23-15-17-5-7-18(8-6-17)16-24-12-9-19(25)10-13-24;/h5-8,19,25H,3-4,9-16H2,1-2H3,(H2,21,22,23);1H. The Labute approximate surface area is 180 Å². The minimum Gasteiger partial charge on any atom is -0.393 e. The lowest BCUT2D eigenvalue weighted by Crippen LogP contribution is -2.37. The zero-order valence-electron chi connectivity index (χ0n) is 16.6. The van der Waals surface area contributed by atoms with Crippen LogP contribution in [-0.2, 0) is 17.8 Å². The van der Waals surface area contributed by atoms with E-state index >= 15 is 0 Å². The number of nitrogens with zero attached hydrogens (tertiary/aromatic N) is 2. The second-order valence-corrected chi connectivity index (χ2v) is 6.73. The third-order valence-corrected chi connectivity index (χ3v) is 4.63. The summed E-state index contributed by atoms with van der Waals surface area (Å²) in [6.45, 7) is 8.08. The van der Waals surface area contributed by atoms with Crippen molar-refractivity contribution in [2.45, 2.75) is 45.4 Å². The van der Waals surface area contributed by atoms with Crippen molar-refractivity contribution in [3.8, 4) is 0 Å². The molecule has 0 aromatic heterocycles. The summed E-state index contributed by atoms with van der Waals surface area (Å²) in [6.07, 6.45) is 2.63. The fraction of sp³-hybridized carbons (Fsp3) is 0.650. The summed E-state index contributed by atoms with van der Waals surface area (Å²) in [5.74, 6) is 0.817. The third-order valence-electron chi connectivity index (χ3n) is 4.63. The quantitative estimate of drug-likeness (QED) is 0.215. The Morgan fingerprint density at radius 3 is 2.48 bits per heavy atom. The molecule has 1 heterocycles. The number of benzene rings is 1. The van der Waals surface area contributed by atoms with Gasteiger partial charge >= 0.3 is 0 Å². The van der Waals surface area contributed by atoms with Gasteiger partial charge in [0.05, 0.1) is 6.10 Å². The predicted molar refractivity (Wildman–Crippen MR) is 122 cm³/mol. The second-order valence-electron chi connectivity index (χ2n) is 6.73. The lowest BCUT2D eigenvalue weighted by Gasteiger charge is -2.29. The maximum Gasteiger partial charge on any atom is 0.191 e. The molecule has 1 fully saturated rings. The van der Waals surface area contributed by atoms with Gasteiger partial charge in [0.15, 0.2) is 5.96 Å². The first-order valence-electron chi connectivity index (χ1n) is 9.71. The summed E-state index contributed by atoms with van der Waals surface area (Å²) in [4.78, 5) is 6.66. The van der Waals surface area contributed by atoms with Crippen LogP contribution in [0.2, 0.25) is 0 Å². The fourth-order valence-electron chi connectivity index (χ4n) is 3.03. The molecule has 0 aliphatic carbocycles. The van der Waals surface area contributed by atoms with Gasteiger partial charge in [-0.25, -0.2) is 0 Å². The van der Waals surface area contributed by atoms with Gasteiger partial charge in [0, 0.05) is 53.0 Å². The number of nitrogens with one attached hydrogen (secondary N) is 2. The van der Waals surface area contributed by atoms with Crippen LogP contribution in [0.3, 0.4) is 0 Å². The minimum absolute atomic E-state index is 0. The smallest absolute Gasteiger partial charge is 0.191 e. The number of guanidine groups is 1. The molecule has 3 N–H and O–H groups in total. The summed E-state index contributed by atoms with van der Waals surface area (Å²) in [5.41, 5.74) is 2.56. The van der Waals surface area contributed by atoms with Crippen molar-refractivity contribution >= 4 is 29.9 Å². The van der Waals surface area contributed by atoms with Crippen LogP contribution in [0.5, 0.6) is 0 Å². The Kier molecular flexibility index (Phi) is 12.6. The molecule has 1 aromatic rings. The lowest BCUT2D eigenvalue weighted by molar-refractivity contribution is 0.0792. The lowest BCUT2D eigenvalue weighted by atomic mass is 10.1. The zero-order chi connectivity index (χ0) is 18.6. The van der Waals surface area contributed by atoms with Crippen LogP contribution in [0, 0.1) is 0 Å². The minimum atomic E-state index is -0.109. The van der Waals surface area contributed by atoms with Gasteiger partial charge < -0.3 is 20.5 Å². The molecule has 0 amide bonds. The van der Waals surface area contributed by atoms with E-state index in [0.29, 0.717) is 0 Å². The van der Waals surface area contributed by atoms with Gasteiger partial charge in [0.1, 0.15) is 0 Å². The molecular weight excluding hydrogens is 455 g/mol. The van der Waals surface area contributed by atoms with Crippen molar-refractivity contribution in [2.24, 2.45) is 4.99 Å². The number of hydrogen-bond acceptors (Lipinski definition) is 4. The van der Waals surface area contributed by atoms with E-state index in [4.69, 9.17) is 4.74 Å². The van der Waals surface area contributed by atoms with Crippen molar-refractivity contribution in [2.75, 3.05) is 39.9 Å². The summed E-state index contributed by atoms with van der Waals surface area (Å²) >= 11 is 0. The number of ether oxygens (including phenoxy) is 1. The van der Waals surface area contributed by atoms with E-state index in [1.54, 1.807) is 7.05 Å². The van der Waals surface area contributed by atoms with E-state index < -0.39 is 0 Å². The Bertz CT molecular complexity index is 531. The summed E-state index contributed by atoms with van der Waals surface area (Å²) < 4.78 is 5.33. The van der Waals surface area contributed by atoms with Crippen LogP contribution < -0.4 is 10.6 Å². The zero-order valence-corrected chi connectivity index (χ0v) is 18.9. The van der Waals surface area contributed by atoms with Gasteiger partial charge in [0.2, 0.25) is 0 Å². The number of piperidine rings is 1. The largest absolute Gasteiger partial charge is 0.393 e. The first-order chi connectivity index (χ1) is 12.7. The first-order valence-corrected chi connectivity index (χ1v) is 9.71. The maximum atomic E-state index is 9.59. The Balaban J connectivity index is 0.00000364. The molecule has 0 spiro atoms. The SMILES string of the molecule is CCOCCCNC(=NC)NCc1ccc(CN2CCC(O)CC2)cc1.I. The highest BCUT2D eigenvalue weighted by Crippen LogP contribution is 2.14. The van der Waals surface area contributed by atoms with Crippen LogP contribution in [0.15, 0.2) is 29.3 Å². The summed E-state index contributed by atoms with van der Waals surface area (Å²) in [6, 6.07) is 8.73. The average Bonchev–Trinajstić information content (AvgIpc) is 2.67. The van der Waals surface area contributed by atoms with E-state index in [-0.39, 0.29) is 30.1 Å². The van der Waals surface area contributed by atoms with Crippen molar-refractivity contribution in [3.63, 3.8) is 0 Å². The highest BCUT2D eigenvalue weighted by atomic mass is 127. The van der Waals surface area contributed by atoms with Crippen molar-refractivity contribution in [1.82, 2.24) is 15.5 Å². The second kappa shape index (κ2) is 14.1. The molecule has 6 nitrogen and oxygen atoms in total. The van der Waals surface area contributed by atoms with Crippen LogP contribution in [0.4, 0.5) is 0 Å². The van der Waals surface area contributed by atoms with Gasteiger partial charge in [-0.2, -0.15) is 0 Å². The summed E-state index contributed by atoms with van der Waals surface area (Å²) in [7, 11) is 1.79. The van der Waals surface area contributed by atoms with Gasteiger partial charge in [-0.15, -0.1) is 24.0 Å². The molecule has 7 heteroatoms. The Hall–Kier alpha value is -0.900. The monoisotopic (exact) mass is 490 g/mol. The average molecular weight is 490 g/mol. The van der Waals surface area contributed by atoms with Crippen molar-refractivity contribution in [1.29, 1.82) is 0 Å². The highest BCUT2D eigenvalue weighted by molar-refractivity contribution is 14.0. The Morgan fingerprint density at radius 2 is 1.85 bits per heavy atom. The fourth-order valence-corrected chi connectivity index (χ4v) is 3.03. The molecule has 27 heavy (non-hydrogen) atoms. The number of likely N-dealkylation sites (tertiary alicyclic amines) is 1. The molecule has 2 rings (SSSR count). The van der Waals surface area contributed by atoms with E-state index in [1.165, 1.54) is 11.1 Å². The highest BCUT2D eigenvalue weighted by Gasteiger charge is 2.16. The van der Waals surface area contributed by atoms with Crippen LogP contribution in [-0.4, -0.2) is 62.0 Å². The molecule has 0 bridgehead atoms. The molecule has 1 aliphatic heterocycles. The topological polar surface area (TPSA) is 69.1 Å². The van der Waals surface area contributed by atoms with E-state index in [0.717, 1.165) is 71.2 Å². The van der Waals surface area contributed by atoms with Gasteiger partial charge in [-0.1, -0.05) is 24.3 Å². The van der Waals surface area contributed by atoms with Crippen LogP contribution >= 0.6 is 24.0 Å². The number of halogens is 1. The van der Waals surface area contributed by atoms with Gasteiger partial charge in [-0.05, 0) is 37.3 Å². The number of rotatable bonds is 9. The molecule has 1 aliphatic rings. The maximum absolute atomic E-state index is 9.59. The van der Waals surface area contributed by atoms with Crippen LogP contribution in [0.1, 0.15) is 37.3 Å².